The van der Waals surface area contributed by atoms with Crippen LogP contribution in [0.5, 0.6) is 0 Å². The van der Waals surface area contributed by atoms with Crippen LogP contribution >= 0.6 is 0 Å². The fourth-order valence-corrected chi connectivity index (χ4v) is 1.58. The van der Waals surface area contributed by atoms with Gasteiger partial charge in [0.25, 0.3) is 0 Å². The van der Waals surface area contributed by atoms with Crippen LogP contribution in [0, 0.1) is 17.2 Å². The Morgan fingerprint density at radius 2 is 2.50 bits per heavy atom. The number of rotatable bonds is 2. The highest BCUT2D eigenvalue weighted by Crippen LogP contribution is 2.13. The first kappa shape index (κ1) is 11.0. The van der Waals surface area contributed by atoms with E-state index in [-0.39, 0.29) is 11.9 Å². The molecule has 1 rings (SSSR count). The summed E-state index contributed by atoms with van der Waals surface area (Å²) < 4.78 is 5.23. The predicted molar refractivity (Wildman–Crippen MR) is 51.4 cm³/mol. The van der Waals surface area contributed by atoms with Crippen LogP contribution in [0.4, 0.5) is 0 Å². The molecule has 0 bridgehead atoms. The van der Waals surface area contributed by atoms with Gasteiger partial charge in [0, 0.05) is 6.54 Å². The van der Waals surface area contributed by atoms with E-state index in [0.29, 0.717) is 26.2 Å². The van der Waals surface area contributed by atoms with E-state index >= 15 is 0 Å². The zero-order valence-corrected chi connectivity index (χ0v) is 8.69. The van der Waals surface area contributed by atoms with Crippen LogP contribution in [-0.4, -0.2) is 36.6 Å². The molecule has 0 aliphatic carbocycles. The van der Waals surface area contributed by atoms with Crippen molar-refractivity contribution in [2.24, 2.45) is 5.92 Å². The van der Waals surface area contributed by atoms with E-state index in [9.17, 15) is 4.79 Å². The predicted octanol–water partition coefficient (Wildman–Crippen LogP) is 0.783. The van der Waals surface area contributed by atoms with Gasteiger partial charge in [-0.2, -0.15) is 5.26 Å². The quantitative estimate of drug-likeness (QED) is 0.656. The summed E-state index contributed by atoms with van der Waals surface area (Å²) >= 11 is 0. The van der Waals surface area contributed by atoms with Crippen LogP contribution in [0.3, 0.4) is 0 Å². The number of morpholine rings is 1. The average molecular weight is 196 g/mol. The van der Waals surface area contributed by atoms with E-state index in [1.807, 2.05) is 19.9 Å². The van der Waals surface area contributed by atoms with Crippen LogP contribution in [0.1, 0.15) is 20.3 Å². The van der Waals surface area contributed by atoms with E-state index < -0.39 is 5.92 Å². The van der Waals surface area contributed by atoms with Crippen molar-refractivity contribution in [1.82, 2.24) is 4.90 Å². The molecule has 1 saturated heterocycles. The molecular formula is C10H16N2O2. The van der Waals surface area contributed by atoms with Crippen LogP contribution in [0.15, 0.2) is 0 Å². The molecule has 0 spiro atoms. The zero-order chi connectivity index (χ0) is 10.6. The third-order valence-electron chi connectivity index (χ3n) is 2.51. The minimum atomic E-state index is -0.490. The molecule has 0 aromatic carbocycles. The third-order valence-corrected chi connectivity index (χ3v) is 2.51. The van der Waals surface area contributed by atoms with Crippen molar-refractivity contribution < 1.29 is 9.53 Å². The van der Waals surface area contributed by atoms with E-state index in [2.05, 4.69) is 0 Å². The Labute approximate surface area is 84.4 Å². The van der Waals surface area contributed by atoms with Crippen molar-refractivity contribution in [3.05, 3.63) is 0 Å². The summed E-state index contributed by atoms with van der Waals surface area (Å²) in [6, 6.07) is 2.13. The molecule has 0 aromatic heterocycles. The van der Waals surface area contributed by atoms with Gasteiger partial charge >= 0.3 is 0 Å². The van der Waals surface area contributed by atoms with E-state index in [1.165, 1.54) is 0 Å². The van der Waals surface area contributed by atoms with Crippen molar-refractivity contribution in [3.8, 4) is 6.07 Å². The summed E-state index contributed by atoms with van der Waals surface area (Å²) in [4.78, 5) is 13.6. The van der Waals surface area contributed by atoms with Gasteiger partial charge in [-0.05, 0) is 13.3 Å². The van der Waals surface area contributed by atoms with Gasteiger partial charge in [-0.3, -0.25) is 4.79 Å². The number of nitriles is 1. The molecule has 1 fully saturated rings. The minimum Gasteiger partial charge on any atom is -0.377 e. The monoisotopic (exact) mass is 196 g/mol. The second-order valence-corrected chi connectivity index (χ2v) is 3.55. The largest absolute Gasteiger partial charge is 0.377 e. The highest BCUT2D eigenvalue weighted by atomic mass is 16.5. The highest BCUT2D eigenvalue weighted by Gasteiger charge is 2.28. The lowest BCUT2D eigenvalue weighted by Crippen LogP contribution is -2.49. The number of carbonyl (C=O) groups is 1. The lowest BCUT2D eigenvalue weighted by Gasteiger charge is -2.34. The van der Waals surface area contributed by atoms with Crippen LogP contribution in [0.2, 0.25) is 0 Å². The summed E-state index contributed by atoms with van der Waals surface area (Å²) in [6.07, 6.45) is 0.583. The van der Waals surface area contributed by atoms with E-state index in [0.717, 1.165) is 0 Å². The first-order valence-electron chi connectivity index (χ1n) is 4.98. The van der Waals surface area contributed by atoms with Gasteiger partial charge in [0.05, 0.1) is 25.3 Å². The average Bonchev–Trinajstić information content (AvgIpc) is 2.20. The first-order valence-corrected chi connectivity index (χ1v) is 4.98. The number of ether oxygens (including phenoxy) is 1. The van der Waals surface area contributed by atoms with Crippen molar-refractivity contribution in [2.45, 2.75) is 26.3 Å². The second-order valence-electron chi connectivity index (χ2n) is 3.55. The van der Waals surface area contributed by atoms with Crippen molar-refractivity contribution in [3.63, 3.8) is 0 Å². The number of hydrogen-bond donors (Lipinski definition) is 0. The van der Waals surface area contributed by atoms with Crippen molar-refractivity contribution >= 4 is 5.91 Å². The lowest BCUT2D eigenvalue weighted by atomic mass is 10.1. The van der Waals surface area contributed by atoms with Gasteiger partial charge < -0.3 is 9.64 Å². The Morgan fingerprint density at radius 3 is 3.00 bits per heavy atom. The normalized spacial score (nSPS) is 24.1. The molecule has 14 heavy (non-hydrogen) atoms. The van der Waals surface area contributed by atoms with Crippen LogP contribution in [-0.2, 0) is 9.53 Å². The molecular weight excluding hydrogens is 180 g/mol. The third kappa shape index (κ3) is 2.24. The Hall–Kier alpha value is -1.08. The maximum absolute atomic E-state index is 11.8. The summed E-state index contributed by atoms with van der Waals surface area (Å²) in [7, 11) is 0. The molecule has 1 amide bonds. The molecule has 0 aromatic rings. The smallest absolute Gasteiger partial charge is 0.240 e. The van der Waals surface area contributed by atoms with Crippen molar-refractivity contribution in [2.75, 3.05) is 19.8 Å². The Kier molecular flexibility index (Phi) is 3.90. The molecule has 1 aliphatic rings. The van der Waals surface area contributed by atoms with Gasteiger partial charge in [0.1, 0.15) is 5.92 Å². The van der Waals surface area contributed by atoms with Gasteiger partial charge in [-0.25, -0.2) is 0 Å². The molecule has 0 N–H and O–H groups in total. The summed E-state index contributed by atoms with van der Waals surface area (Å²) in [5, 5.41) is 8.78. The maximum Gasteiger partial charge on any atom is 0.240 e. The summed E-state index contributed by atoms with van der Waals surface area (Å²) in [5.41, 5.74) is 0. The maximum atomic E-state index is 11.8. The SMILES string of the molecule is CCC(C#N)C(=O)N1CCOCC1C. The van der Waals surface area contributed by atoms with Gasteiger partial charge in [0.15, 0.2) is 0 Å². The molecule has 2 atom stereocenters. The van der Waals surface area contributed by atoms with Crippen LogP contribution < -0.4 is 0 Å². The molecule has 1 heterocycles. The minimum absolute atomic E-state index is 0.0502. The molecule has 2 unspecified atom stereocenters. The number of nitrogens with zero attached hydrogens (tertiary/aromatic N) is 2. The summed E-state index contributed by atoms with van der Waals surface area (Å²) in [6.45, 7) is 5.57. The number of amides is 1. The van der Waals surface area contributed by atoms with Crippen molar-refractivity contribution in [1.29, 1.82) is 5.26 Å². The van der Waals surface area contributed by atoms with Crippen LogP contribution in [0.25, 0.3) is 0 Å². The Balaban J connectivity index is 2.62. The molecule has 78 valence electrons. The van der Waals surface area contributed by atoms with Gasteiger partial charge in [-0.1, -0.05) is 6.92 Å². The van der Waals surface area contributed by atoms with E-state index in [1.54, 1.807) is 4.90 Å². The zero-order valence-electron chi connectivity index (χ0n) is 8.69. The summed E-state index contributed by atoms with van der Waals surface area (Å²) in [5.74, 6) is -0.540. The standard InChI is InChI=1S/C10H16N2O2/c1-3-9(6-11)10(13)12-4-5-14-7-8(12)2/h8-9H,3-5,7H2,1-2H3. The topological polar surface area (TPSA) is 53.3 Å². The second kappa shape index (κ2) is 4.97. The van der Waals surface area contributed by atoms with Gasteiger partial charge in [0.2, 0.25) is 5.91 Å². The van der Waals surface area contributed by atoms with E-state index in [4.69, 9.17) is 10.00 Å². The number of hydrogen-bond acceptors (Lipinski definition) is 3. The Bertz CT molecular complexity index is 247. The molecule has 4 heteroatoms. The van der Waals surface area contributed by atoms with Gasteiger partial charge in [-0.15, -0.1) is 0 Å². The first-order chi connectivity index (χ1) is 6.70. The molecule has 1 aliphatic heterocycles. The molecule has 0 radical (unpaired) electrons. The fraction of sp³-hybridized carbons (Fsp3) is 0.800. The molecule has 0 saturated carbocycles. The molecule has 4 nitrogen and oxygen atoms in total. The fourth-order valence-electron chi connectivity index (χ4n) is 1.58. The highest BCUT2D eigenvalue weighted by molar-refractivity contribution is 5.81. The Morgan fingerprint density at radius 1 is 1.79 bits per heavy atom. The lowest BCUT2D eigenvalue weighted by molar-refractivity contribution is -0.141. The number of carbonyl (C=O) groups excluding carboxylic acids is 1.